The predicted molar refractivity (Wildman–Crippen MR) is 129 cm³/mol. The van der Waals surface area contributed by atoms with Gasteiger partial charge in [-0.25, -0.2) is 9.97 Å². The van der Waals surface area contributed by atoms with Gasteiger partial charge >= 0.3 is 0 Å². The Kier molecular flexibility index (Phi) is 6.60. The highest BCUT2D eigenvalue weighted by atomic mass is 16.5. The first kappa shape index (κ1) is 21.3. The summed E-state index contributed by atoms with van der Waals surface area (Å²) in [5.41, 5.74) is 3.33. The average molecular weight is 427 g/mol. The number of nitrogens with zero attached hydrogens (tertiary/aromatic N) is 2. The first-order valence-corrected chi connectivity index (χ1v) is 10.7. The maximum Gasteiger partial charge on any atom is 0.227 e. The van der Waals surface area contributed by atoms with Gasteiger partial charge < -0.3 is 15.4 Å². The Morgan fingerprint density at radius 3 is 2.41 bits per heavy atom. The van der Waals surface area contributed by atoms with Gasteiger partial charge in [0.15, 0.2) is 0 Å². The number of amides is 1. The van der Waals surface area contributed by atoms with E-state index in [-0.39, 0.29) is 5.91 Å². The van der Waals surface area contributed by atoms with Crippen molar-refractivity contribution in [3.05, 3.63) is 84.2 Å². The topological polar surface area (TPSA) is 76.1 Å². The Bertz CT molecular complexity index is 1220. The van der Waals surface area contributed by atoms with Crippen LogP contribution in [-0.4, -0.2) is 22.5 Å². The van der Waals surface area contributed by atoms with Crippen LogP contribution < -0.4 is 15.4 Å². The van der Waals surface area contributed by atoms with Gasteiger partial charge in [0.1, 0.15) is 5.75 Å². The summed E-state index contributed by atoms with van der Waals surface area (Å²) in [6.07, 6.45) is 1.01. The summed E-state index contributed by atoms with van der Waals surface area (Å²) in [6.45, 7) is 4.35. The van der Waals surface area contributed by atoms with Crippen molar-refractivity contribution in [2.75, 3.05) is 17.2 Å². The second-order valence-electron chi connectivity index (χ2n) is 7.69. The Balaban J connectivity index is 1.26. The number of aromatic nitrogens is 2. The molecule has 6 heteroatoms. The fraction of sp³-hybridized carbons (Fsp3) is 0.192. The van der Waals surface area contributed by atoms with E-state index in [0.29, 0.717) is 25.4 Å². The molecule has 4 rings (SSSR count). The van der Waals surface area contributed by atoms with E-state index in [4.69, 9.17) is 4.74 Å². The summed E-state index contributed by atoms with van der Waals surface area (Å²) in [5, 5.41) is 8.45. The Hall–Kier alpha value is -3.93. The number of benzene rings is 3. The number of aryl methyl sites for hydroxylation is 2. The summed E-state index contributed by atoms with van der Waals surface area (Å²) in [6, 6.07) is 23.6. The lowest BCUT2D eigenvalue weighted by molar-refractivity contribution is -0.116. The number of hydrogen-bond donors (Lipinski definition) is 2. The normalized spacial score (nSPS) is 10.7. The zero-order chi connectivity index (χ0) is 22.3. The van der Waals surface area contributed by atoms with Gasteiger partial charge in [-0.3, -0.25) is 4.79 Å². The molecule has 32 heavy (non-hydrogen) atoms. The molecule has 1 aromatic heterocycles. The summed E-state index contributed by atoms with van der Waals surface area (Å²) in [7, 11) is 0. The smallest absolute Gasteiger partial charge is 0.227 e. The molecule has 0 saturated heterocycles. The zero-order valence-electron chi connectivity index (χ0n) is 18.3. The second kappa shape index (κ2) is 9.92. The van der Waals surface area contributed by atoms with E-state index in [9.17, 15) is 4.79 Å². The Morgan fingerprint density at radius 2 is 1.59 bits per heavy atom. The Labute approximate surface area is 187 Å². The van der Waals surface area contributed by atoms with Crippen LogP contribution in [0.25, 0.3) is 10.8 Å². The number of nitrogens with one attached hydrogen (secondary N) is 2. The first-order chi connectivity index (χ1) is 15.5. The molecule has 0 aliphatic heterocycles. The quantitative estimate of drug-likeness (QED) is 0.349. The van der Waals surface area contributed by atoms with E-state index < -0.39 is 0 Å². The van der Waals surface area contributed by atoms with Crippen LogP contribution in [0.15, 0.2) is 72.8 Å². The molecule has 0 aliphatic rings. The molecule has 0 radical (unpaired) electrons. The van der Waals surface area contributed by atoms with Crippen LogP contribution in [0.3, 0.4) is 0 Å². The third-order valence-electron chi connectivity index (χ3n) is 4.92. The largest absolute Gasteiger partial charge is 0.494 e. The number of carbonyl (C=O) groups excluding carboxylic acids is 1. The van der Waals surface area contributed by atoms with Crippen LogP contribution >= 0.6 is 0 Å². The highest BCUT2D eigenvalue weighted by Crippen LogP contribution is 2.21. The first-order valence-electron chi connectivity index (χ1n) is 10.7. The molecule has 6 nitrogen and oxygen atoms in total. The van der Waals surface area contributed by atoms with Gasteiger partial charge in [-0.05, 0) is 67.4 Å². The third kappa shape index (κ3) is 5.82. The molecule has 1 amide bonds. The van der Waals surface area contributed by atoms with Crippen molar-refractivity contribution >= 4 is 34.0 Å². The molecule has 3 aromatic carbocycles. The number of ether oxygens (including phenoxy) is 1. The van der Waals surface area contributed by atoms with E-state index >= 15 is 0 Å². The summed E-state index contributed by atoms with van der Waals surface area (Å²) >= 11 is 0. The summed E-state index contributed by atoms with van der Waals surface area (Å²) < 4.78 is 5.82. The van der Waals surface area contributed by atoms with Gasteiger partial charge in [0.05, 0.1) is 6.61 Å². The Morgan fingerprint density at radius 1 is 0.844 bits per heavy atom. The molecule has 0 atom stereocenters. The summed E-state index contributed by atoms with van der Waals surface area (Å²) in [5.74, 6) is 1.31. The fourth-order valence-corrected chi connectivity index (χ4v) is 3.49. The molecule has 0 bridgehead atoms. The SMILES string of the molecule is Cc1cc(C)nc(Nc2cccc(NC(=O)CCCOc3ccc4ccccc4c3)c2)n1. The molecule has 0 spiro atoms. The standard InChI is InChI=1S/C26H26N4O2/c1-18-15-19(2)28-26(27-18)30-23-10-5-9-22(17-23)29-25(31)11-6-14-32-24-13-12-20-7-3-4-8-21(20)16-24/h3-5,7-10,12-13,15-17H,6,11,14H2,1-2H3,(H,29,31)(H,27,28,30). The molecule has 0 saturated carbocycles. The average Bonchev–Trinajstić information content (AvgIpc) is 2.76. The van der Waals surface area contributed by atoms with Gasteiger partial charge in [0, 0.05) is 29.2 Å². The van der Waals surface area contributed by atoms with Crippen LogP contribution in [0.4, 0.5) is 17.3 Å². The molecule has 1 heterocycles. The molecular weight excluding hydrogens is 400 g/mol. The second-order valence-corrected chi connectivity index (χ2v) is 7.69. The number of rotatable bonds is 8. The lowest BCUT2D eigenvalue weighted by atomic mass is 10.1. The lowest BCUT2D eigenvalue weighted by Crippen LogP contribution is -2.13. The van der Waals surface area contributed by atoms with Crippen molar-refractivity contribution in [2.24, 2.45) is 0 Å². The van der Waals surface area contributed by atoms with Crippen molar-refractivity contribution in [3.8, 4) is 5.75 Å². The van der Waals surface area contributed by atoms with Crippen molar-refractivity contribution in [3.63, 3.8) is 0 Å². The summed E-state index contributed by atoms with van der Waals surface area (Å²) in [4.78, 5) is 21.1. The van der Waals surface area contributed by atoms with Crippen molar-refractivity contribution in [2.45, 2.75) is 26.7 Å². The zero-order valence-corrected chi connectivity index (χ0v) is 18.3. The number of carbonyl (C=O) groups is 1. The van der Waals surface area contributed by atoms with Gasteiger partial charge in [-0.2, -0.15) is 0 Å². The minimum Gasteiger partial charge on any atom is -0.494 e. The fourth-order valence-electron chi connectivity index (χ4n) is 3.49. The lowest BCUT2D eigenvalue weighted by Gasteiger charge is -2.10. The van der Waals surface area contributed by atoms with Crippen LogP contribution in [0.1, 0.15) is 24.2 Å². The molecule has 162 valence electrons. The van der Waals surface area contributed by atoms with Crippen LogP contribution in [0.2, 0.25) is 0 Å². The van der Waals surface area contributed by atoms with E-state index in [1.165, 1.54) is 5.39 Å². The maximum atomic E-state index is 12.3. The van der Waals surface area contributed by atoms with Crippen molar-refractivity contribution < 1.29 is 9.53 Å². The van der Waals surface area contributed by atoms with E-state index in [1.54, 1.807) is 0 Å². The molecule has 0 unspecified atom stereocenters. The van der Waals surface area contributed by atoms with Gasteiger partial charge in [-0.1, -0.05) is 36.4 Å². The van der Waals surface area contributed by atoms with Crippen LogP contribution in [0, 0.1) is 13.8 Å². The predicted octanol–water partition coefficient (Wildman–Crippen LogP) is 5.79. The molecular formula is C26H26N4O2. The highest BCUT2D eigenvalue weighted by molar-refractivity contribution is 5.91. The van der Waals surface area contributed by atoms with Crippen LogP contribution in [-0.2, 0) is 4.79 Å². The number of fused-ring (bicyclic) bond motifs is 1. The molecule has 4 aromatic rings. The van der Waals surface area contributed by atoms with Crippen molar-refractivity contribution in [1.82, 2.24) is 9.97 Å². The molecule has 2 N–H and O–H groups in total. The van der Waals surface area contributed by atoms with Crippen molar-refractivity contribution in [1.29, 1.82) is 0 Å². The van der Waals surface area contributed by atoms with Gasteiger partial charge in [-0.15, -0.1) is 0 Å². The van der Waals surface area contributed by atoms with E-state index in [2.05, 4.69) is 32.7 Å². The minimum absolute atomic E-state index is 0.0492. The third-order valence-corrected chi connectivity index (χ3v) is 4.92. The number of hydrogen-bond acceptors (Lipinski definition) is 5. The van der Waals surface area contributed by atoms with E-state index in [0.717, 1.165) is 33.9 Å². The highest BCUT2D eigenvalue weighted by Gasteiger charge is 2.06. The molecule has 0 aliphatic carbocycles. The minimum atomic E-state index is -0.0492. The van der Waals surface area contributed by atoms with E-state index in [1.807, 2.05) is 74.5 Å². The van der Waals surface area contributed by atoms with Gasteiger partial charge in [0.25, 0.3) is 0 Å². The monoisotopic (exact) mass is 426 g/mol. The number of anilines is 3. The maximum absolute atomic E-state index is 12.3. The van der Waals surface area contributed by atoms with Crippen LogP contribution in [0.5, 0.6) is 5.75 Å². The van der Waals surface area contributed by atoms with Gasteiger partial charge in [0.2, 0.25) is 11.9 Å². The molecule has 0 fully saturated rings.